The molecule has 0 saturated heterocycles. The maximum absolute atomic E-state index is 13.8. The van der Waals surface area contributed by atoms with E-state index in [1.165, 1.54) is 42.5 Å². The Hall–Kier alpha value is -3.82. The van der Waals surface area contributed by atoms with Gasteiger partial charge >= 0.3 is 5.97 Å². The van der Waals surface area contributed by atoms with E-state index in [1.807, 2.05) is 0 Å². The normalized spacial score (nSPS) is 11.5. The highest BCUT2D eigenvalue weighted by Crippen LogP contribution is 2.15. The van der Waals surface area contributed by atoms with Crippen molar-refractivity contribution in [2.45, 2.75) is 19.9 Å². The predicted octanol–water partition coefficient (Wildman–Crippen LogP) is 2.67. The summed E-state index contributed by atoms with van der Waals surface area (Å²) in [4.78, 5) is 46.6. The molecule has 0 aromatic heterocycles. The number of non-ortho nitro benzene ring substituents is 1. The Kier molecular flexibility index (Phi) is 7.56. The topological polar surface area (TPSA) is 128 Å². The Labute approximate surface area is 171 Å². The molecule has 0 aliphatic carbocycles. The first-order valence-corrected chi connectivity index (χ1v) is 8.95. The van der Waals surface area contributed by atoms with Crippen LogP contribution in [0.3, 0.4) is 0 Å². The number of anilines is 1. The van der Waals surface area contributed by atoms with Gasteiger partial charge in [-0.2, -0.15) is 0 Å². The van der Waals surface area contributed by atoms with E-state index in [1.54, 1.807) is 13.8 Å². The van der Waals surface area contributed by atoms with Gasteiger partial charge in [0.1, 0.15) is 11.9 Å². The summed E-state index contributed by atoms with van der Waals surface area (Å²) >= 11 is 0. The van der Waals surface area contributed by atoms with Crippen molar-refractivity contribution >= 4 is 29.2 Å². The van der Waals surface area contributed by atoms with E-state index in [-0.39, 0.29) is 22.9 Å². The third-order valence-corrected chi connectivity index (χ3v) is 4.03. The number of nitrogens with one attached hydrogen (secondary N) is 2. The van der Waals surface area contributed by atoms with E-state index in [0.717, 1.165) is 6.07 Å². The fraction of sp³-hybridized carbons (Fsp3) is 0.250. The SMILES string of the molecule is CC(C)[C@H](NC(=O)c1ccccc1F)C(=O)OCC(=O)Nc1ccc([N+](=O)[O-])cc1. The minimum absolute atomic E-state index is 0.134. The summed E-state index contributed by atoms with van der Waals surface area (Å²) in [6, 6.07) is 9.35. The number of hydrogen-bond acceptors (Lipinski definition) is 6. The van der Waals surface area contributed by atoms with Crippen molar-refractivity contribution in [2.75, 3.05) is 11.9 Å². The van der Waals surface area contributed by atoms with E-state index in [9.17, 15) is 28.9 Å². The molecule has 10 heteroatoms. The molecule has 0 heterocycles. The van der Waals surface area contributed by atoms with Crippen LogP contribution in [0.2, 0.25) is 0 Å². The molecule has 0 unspecified atom stereocenters. The zero-order valence-corrected chi connectivity index (χ0v) is 16.3. The van der Waals surface area contributed by atoms with Crippen LogP contribution in [-0.4, -0.2) is 35.4 Å². The van der Waals surface area contributed by atoms with Crippen molar-refractivity contribution in [1.82, 2.24) is 5.32 Å². The predicted molar refractivity (Wildman–Crippen MR) is 105 cm³/mol. The number of carbonyl (C=O) groups is 3. The number of carbonyl (C=O) groups excluding carboxylic acids is 3. The average molecular weight is 417 g/mol. The fourth-order valence-electron chi connectivity index (χ4n) is 2.45. The Morgan fingerprint density at radius 1 is 1.10 bits per heavy atom. The van der Waals surface area contributed by atoms with Gasteiger partial charge in [0.05, 0.1) is 10.5 Å². The highest BCUT2D eigenvalue weighted by atomic mass is 19.1. The molecule has 0 fully saturated rings. The first kappa shape index (κ1) is 22.5. The quantitative estimate of drug-likeness (QED) is 0.386. The van der Waals surface area contributed by atoms with E-state index >= 15 is 0 Å². The zero-order valence-electron chi connectivity index (χ0n) is 16.3. The van der Waals surface area contributed by atoms with Crippen molar-refractivity contribution in [3.63, 3.8) is 0 Å². The lowest BCUT2D eigenvalue weighted by atomic mass is 10.0. The van der Waals surface area contributed by atoms with Gasteiger partial charge in [-0.25, -0.2) is 9.18 Å². The molecule has 2 rings (SSSR count). The van der Waals surface area contributed by atoms with Crippen LogP contribution in [0.4, 0.5) is 15.8 Å². The molecule has 2 amide bonds. The highest BCUT2D eigenvalue weighted by Gasteiger charge is 2.27. The summed E-state index contributed by atoms with van der Waals surface area (Å²) in [7, 11) is 0. The van der Waals surface area contributed by atoms with Crippen LogP contribution in [0.15, 0.2) is 48.5 Å². The van der Waals surface area contributed by atoms with Gasteiger partial charge in [0.2, 0.25) is 0 Å². The maximum Gasteiger partial charge on any atom is 0.329 e. The molecule has 0 bridgehead atoms. The van der Waals surface area contributed by atoms with Gasteiger partial charge in [0.25, 0.3) is 17.5 Å². The van der Waals surface area contributed by atoms with Crippen LogP contribution in [0.5, 0.6) is 0 Å². The average Bonchev–Trinajstić information content (AvgIpc) is 2.70. The van der Waals surface area contributed by atoms with Crippen LogP contribution in [0, 0.1) is 21.8 Å². The van der Waals surface area contributed by atoms with Crippen molar-refractivity contribution in [3.05, 3.63) is 70.0 Å². The van der Waals surface area contributed by atoms with Crippen LogP contribution in [0.25, 0.3) is 0 Å². The molecule has 158 valence electrons. The summed E-state index contributed by atoms with van der Waals surface area (Å²) < 4.78 is 18.7. The molecule has 30 heavy (non-hydrogen) atoms. The first-order valence-electron chi connectivity index (χ1n) is 8.95. The standard InChI is InChI=1S/C20H20FN3O6/c1-12(2)18(23-19(26)15-5-3-4-6-16(15)21)20(27)30-11-17(25)22-13-7-9-14(10-8-13)24(28)29/h3-10,12,18H,11H2,1-2H3,(H,22,25)(H,23,26)/t18-/m0/s1. The van der Waals surface area contributed by atoms with E-state index in [4.69, 9.17) is 4.74 Å². The lowest BCUT2D eigenvalue weighted by molar-refractivity contribution is -0.384. The smallest absolute Gasteiger partial charge is 0.329 e. The summed E-state index contributed by atoms with van der Waals surface area (Å²) in [5.74, 6) is -3.41. The minimum Gasteiger partial charge on any atom is -0.454 e. The van der Waals surface area contributed by atoms with Crippen molar-refractivity contribution in [2.24, 2.45) is 5.92 Å². The van der Waals surface area contributed by atoms with E-state index < -0.39 is 41.2 Å². The monoisotopic (exact) mass is 417 g/mol. The molecule has 9 nitrogen and oxygen atoms in total. The Bertz CT molecular complexity index is 946. The zero-order chi connectivity index (χ0) is 22.3. The van der Waals surface area contributed by atoms with Crippen molar-refractivity contribution < 1.29 is 28.4 Å². The van der Waals surface area contributed by atoms with Gasteiger partial charge in [0, 0.05) is 17.8 Å². The van der Waals surface area contributed by atoms with Gasteiger partial charge < -0.3 is 15.4 Å². The second-order valence-electron chi connectivity index (χ2n) is 6.63. The molecular formula is C20H20FN3O6. The summed E-state index contributed by atoms with van der Waals surface area (Å²) in [6.45, 7) is 2.68. The fourth-order valence-corrected chi connectivity index (χ4v) is 2.45. The van der Waals surface area contributed by atoms with Crippen molar-refractivity contribution in [1.29, 1.82) is 0 Å². The molecule has 0 aliphatic rings. The second-order valence-corrected chi connectivity index (χ2v) is 6.63. The number of esters is 1. The number of rotatable bonds is 8. The molecule has 1 atom stereocenters. The Morgan fingerprint density at radius 2 is 1.73 bits per heavy atom. The minimum atomic E-state index is -1.09. The number of amides is 2. The van der Waals surface area contributed by atoms with Crippen LogP contribution < -0.4 is 10.6 Å². The van der Waals surface area contributed by atoms with Gasteiger partial charge in [0.15, 0.2) is 6.61 Å². The maximum atomic E-state index is 13.8. The number of nitrogens with zero attached hydrogens (tertiary/aromatic N) is 1. The summed E-state index contributed by atoms with van der Waals surface area (Å²) in [6.07, 6.45) is 0. The molecule has 0 saturated carbocycles. The molecule has 2 aromatic carbocycles. The number of nitro benzene ring substituents is 1. The molecular weight excluding hydrogens is 397 g/mol. The third kappa shape index (κ3) is 6.09. The number of benzene rings is 2. The summed E-state index contributed by atoms with van der Waals surface area (Å²) in [5.41, 5.74) is -0.0634. The lowest BCUT2D eigenvalue weighted by Crippen LogP contribution is -2.46. The largest absolute Gasteiger partial charge is 0.454 e. The van der Waals surface area contributed by atoms with Crippen LogP contribution >= 0.6 is 0 Å². The van der Waals surface area contributed by atoms with E-state index in [0.29, 0.717) is 0 Å². The molecule has 2 N–H and O–H groups in total. The van der Waals surface area contributed by atoms with Crippen LogP contribution in [0.1, 0.15) is 24.2 Å². The number of halogens is 1. The van der Waals surface area contributed by atoms with Gasteiger partial charge in [-0.1, -0.05) is 26.0 Å². The molecule has 2 aromatic rings. The summed E-state index contributed by atoms with van der Waals surface area (Å²) in [5, 5.41) is 15.5. The molecule has 0 radical (unpaired) electrons. The Morgan fingerprint density at radius 3 is 2.30 bits per heavy atom. The number of hydrogen-bond donors (Lipinski definition) is 2. The second kappa shape index (κ2) is 10.1. The van der Waals surface area contributed by atoms with Gasteiger partial charge in [-0.3, -0.25) is 19.7 Å². The third-order valence-electron chi connectivity index (χ3n) is 4.03. The van der Waals surface area contributed by atoms with Crippen molar-refractivity contribution in [3.8, 4) is 0 Å². The lowest BCUT2D eigenvalue weighted by Gasteiger charge is -2.21. The number of ether oxygens (including phenoxy) is 1. The van der Waals surface area contributed by atoms with E-state index in [2.05, 4.69) is 10.6 Å². The Balaban J connectivity index is 1.93. The first-order chi connectivity index (χ1) is 14.2. The van der Waals surface area contributed by atoms with Gasteiger partial charge in [-0.15, -0.1) is 0 Å². The molecule has 0 aliphatic heterocycles. The highest BCUT2D eigenvalue weighted by molar-refractivity contribution is 5.97. The molecule has 0 spiro atoms. The van der Waals surface area contributed by atoms with Crippen LogP contribution in [-0.2, 0) is 14.3 Å². The van der Waals surface area contributed by atoms with Gasteiger partial charge in [-0.05, 0) is 30.2 Å². The number of nitro groups is 1.